The van der Waals surface area contributed by atoms with Crippen molar-refractivity contribution in [2.75, 3.05) is 6.54 Å². The monoisotopic (exact) mass is 244 g/mol. The zero-order valence-corrected chi connectivity index (χ0v) is 10.5. The van der Waals surface area contributed by atoms with Crippen LogP contribution in [0.15, 0.2) is 18.2 Å². The summed E-state index contributed by atoms with van der Waals surface area (Å²) in [5, 5.41) is 9.71. The average molecular weight is 245 g/mol. The summed E-state index contributed by atoms with van der Waals surface area (Å²) in [5.41, 5.74) is 13.3. The first-order chi connectivity index (χ1) is 7.15. The topological polar surface area (TPSA) is 72.3 Å². The fourth-order valence-electron chi connectivity index (χ4n) is 1.63. The largest absolute Gasteiger partial charge is 0.508 e. The van der Waals surface area contributed by atoms with Gasteiger partial charge < -0.3 is 16.6 Å². The Kier molecular flexibility index (Phi) is 7.13. The Morgan fingerprint density at radius 3 is 2.56 bits per heavy atom. The Morgan fingerprint density at radius 2 is 2.00 bits per heavy atom. The van der Waals surface area contributed by atoms with Crippen LogP contribution in [0.4, 0.5) is 0 Å². The maximum atomic E-state index is 9.71. The van der Waals surface area contributed by atoms with Crippen molar-refractivity contribution in [2.24, 2.45) is 11.5 Å². The summed E-state index contributed by atoms with van der Waals surface area (Å²) in [6, 6.07) is 5.53. The molecular formula is C12H21ClN2O. The molecule has 0 heterocycles. The second kappa shape index (κ2) is 7.49. The maximum absolute atomic E-state index is 9.71. The van der Waals surface area contributed by atoms with Crippen molar-refractivity contribution in [3.05, 3.63) is 29.3 Å². The predicted molar refractivity (Wildman–Crippen MR) is 69.9 cm³/mol. The molecule has 92 valence electrons. The molecule has 0 aliphatic carbocycles. The third-order valence-corrected chi connectivity index (χ3v) is 2.55. The predicted octanol–water partition coefficient (Wildman–Crippen LogP) is 2.25. The van der Waals surface area contributed by atoms with E-state index in [2.05, 4.69) is 0 Å². The van der Waals surface area contributed by atoms with Crippen molar-refractivity contribution in [3.63, 3.8) is 0 Å². The van der Waals surface area contributed by atoms with Crippen LogP contribution >= 0.6 is 12.4 Å². The molecule has 1 aromatic carbocycles. The number of phenolic OH excluding ortho intramolecular Hbond substituents is 1. The second-order valence-electron chi connectivity index (χ2n) is 3.95. The highest BCUT2D eigenvalue weighted by molar-refractivity contribution is 5.85. The van der Waals surface area contributed by atoms with Gasteiger partial charge in [0.15, 0.2) is 0 Å². The van der Waals surface area contributed by atoms with E-state index < -0.39 is 0 Å². The highest BCUT2D eigenvalue weighted by Gasteiger charge is 2.10. The number of unbranched alkanes of at least 4 members (excludes halogenated alkanes) is 1. The SMILES string of the molecule is Cc1ccc([C@H](N)CCCCN)c(O)c1.Cl. The fourth-order valence-corrected chi connectivity index (χ4v) is 1.63. The van der Waals surface area contributed by atoms with Crippen molar-refractivity contribution in [1.29, 1.82) is 0 Å². The average Bonchev–Trinajstić information content (AvgIpc) is 2.17. The van der Waals surface area contributed by atoms with Gasteiger partial charge in [-0.05, 0) is 37.9 Å². The Balaban J connectivity index is 0.00000225. The van der Waals surface area contributed by atoms with Gasteiger partial charge in [-0.25, -0.2) is 0 Å². The molecule has 16 heavy (non-hydrogen) atoms. The molecule has 0 fully saturated rings. The quantitative estimate of drug-likeness (QED) is 0.696. The molecule has 0 radical (unpaired) electrons. The number of hydrogen-bond acceptors (Lipinski definition) is 3. The molecular weight excluding hydrogens is 224 g/mol. The van der Waals surface area contributed by atoms with Crippen molar-refractivity contribution < 1.29 is 5.11 Å². The lowest BCUT2D eigenvalue weighted by atomic mass is 10.00. The lowest BCUT2D eigenvalue weighted by molar-refractivity contribution is 0.456. The molecule has 4 heteroatoms. The number of halogens is 1. The van der Waals surface area contributed by atoms with Crippen LogP contribution < -0.4 is 11.5 Å². The first kappa shape index (κ1) is 15.2. The number of aryl methyl sites for hydroxylation is 1. The van der Waals surface area contributed by atoms with E-state index in [1.165, 1.54) is 0 Å². The summed E-state index contributed by atoms with van der Waals surface area (Å²) in [6.07, 6.45) is 2.86. The number of rotatable bonds is 5. The maximum Gasteiger partial charge on any atom is 0.120 e. The number of phenols is 1. The fraction of sp³-hybridized carbons (Fsp3) is 0.500. The smallest absolute Gasteiger partial charge is 0.120 e. The van der Waals surface area contributed by atoms with E-state index in [1.807, 2.05) is 19.1 Å². The van der Waals surface area contributed by atoms with Gasteiger partial charge >= 0.3 is 0 Å². The van der Waals surface area contributed by atoms with Crippen LogP contribution in [0.5, 0.6) is 5.75 Å². The number of nitrogens with two attached hydrogens (primary N) is 2. The second-order valence-corrected chi connectivity index (χ2v) is 3.95. The summed E-state index contributed by atoms with van der Waals surface area (Å²) in [7, 11) is 0. The lowest BCUT2D eigenvalue weighted by Crippen LogP contribution is -2.11. The van der Waals surface area contributed by atoms with E-state index in [1.54, 1.807) is 6.07 Å². The highest BCUT2D eigenvalue weighted by Crippen LogP contribution is 2.26. The van der Waals surface area contributed by atoms with Gasteiger partial charge in [0.25, 0.3) is 0 Å². The minimum atomic E-state index is -0.0860. The van der Waals surface area contributed by atoms with Crippen molar-refractivity contribution in [3.8, 4) is 5.75 Å². The van der Waals surface area contributed by atoms with Crippen LogP contribution in [0.25, 0.3) is 0 Å². The molecule has 1 atom stereocenters. The van der Waals surface area contributed by atoms with Gasteiger partial charge in [0, 0.05) is 11.6 Å². The Hall–Kier alpha value is -0.770. The molecule has 0 aliphatic heterocycles. The molecule has 1 rings (SSSR count). The first-order valence-electron chi connectivity index (χ1n) is 5.40. The van der Waals surface area contributed by atoms with E-state index in [0.29, 0.717) is 12.3 Å². The summed E-state index contributed by atoms with van der Waals surface area (Å²) in [6.45, 7) is 2.65. The standard InChI is InChI=1S/C12H20N2O.ClH/c1-9-5-6-10(12(15)8-9)11(14)4-2-3-7-13;/h5-6,8,11,15H,2-4,7,13-14H2,1H3;1H/t11-;/m1./s1. The molecule has 1 aromatic rings. The van der Waals surface area contributed by atoms with Crippen LogP contribution in [0, 0.1) is 6.92 Å². The van der Waals surface area contributed by atoms with E-state index in [0.717, 1.165) is 30.4 Å². The normalized spacial score (nSPS) is 11.9. The molecule has 0 saturated heterocycles. The summed E-state index contributed by atoms with van der Waals surface area (Å²) >= 11 is 0. The van der Waals surface area contributed by atoms with Gasteiger partial charge in [0.2, 0.25) is 0 Å². The molecule has 0 unspecified atom stereocenters. The Bertz CT molecular complexity index is 318. The lowest BCUT2D eigenvalue weighted by Gasteiger charge is -2.13. The van der Waals surface area contributed by atoms with E-state index in [-0.39, 0.29) is 18.4 Å². The minimum absolute atomic E-state index is 0. The highest BCUT2D eigenvalue weighted by atomic mass is 35.5. The molecule has 0 spiro atoms. The van der Waals surface area contributed by atoms with Gasteiger partial charge in [-0.3, -0.25) is 0 Å². The number of benzene rings is 1. The summed E-state index contributed by atoms with van der Waals surface area (Å²) in [4.78, 5) is 0. The van der Waals surface area contributed by atoms with Crippen LogP contribution in [-0.4, -0.2) is 11.7 Å². The Morgan fingerprint density at radius 1 is 1.31 bits per heavy atom. The van der Waals surface area contributed by atoms with E-state index >= 15 is 0 Å². The van der Waals surface area contributed by atoms with Crippen LogP contribution in [0.3, 0.4) is 0 Å². The van der Waals surface area contributed by atoms with Gasteiger partial charge in [-0.2, -0.15) is 0 Å². The third-order valence-electron chi connectivity index (χ3n) is 2.55. The van der Waals surface area contributed by atoms with Crippen molar-refractivity contribution in [1.82, 2.24) is 0 Å². The zero-order valence-electron chi connectivity index (χ0n) is 9.65. The van der Waals surface area contributed by atoms with Crippen LogP contribution in [-0.2, 0) is 0 Å². The summed E-state index contributed by atoms with van der Waals surface area (Å²) < 4.78 is 0. The molecule has 0 aliphatic rings. The molecule has 0 bridgehead atoms. The first-order valence-corrected chi connectivity index (χ1v) is 5.40. The Labute approximate surface area is 103 Å². The third kappa shape index (κ3) is 4.39. The molecule has 0 saturated carbocycles. The summed E-state index contributed by atoms with van der Waals surface area (Å²) in [5.74, 6) is 0.301. The van der Waals surface area contributed by atoms with E-state index in [4.69, 9.17) is 11.5 Å². The van der Waals surface area contributed by atoms with Gasteiger partial charge in [-0.1, -0.05) is 18.6 Å². The number of hydrogen-bond donors (Lipinski definition) is 3. The van der Waals surface area contributed by atoms with Crippen LogP contribution in [0.1, 0.15) is 36.4 Å². The molecule has 0 amide bonds. The molecule has 0 aromatic heterocycles. The zero-order chi connectivity index (χ0) is 11.3. The van der Waals surface area contributed by atoms with Gasteiger partial charge in [0.1, 0.15) is 5.75 Å². The van der Waals surface area contributed by atoms with Crippen molar-refractivity contribution >= 4 is 12.4 Å². The van der Waals surface area contributed by atoms with Gasteiger partial charge in [0.05, 0.1) is 0 Å². The minimum Gasteiger partial charge on any atom is -0.508 e. The number of aromatic hydroxyl groups is 1. The van der Waals surface area contributed by atoms with Crippen molar-refractivity contribution in [2.45, 2.75) is 32.2 Å². The van der Waals surface area contributed by atoms with Gasteiger partial charge in [-0.15, -0.1) is 12.4 Å². The molecule has 5 N–H and O–H groups in total. The molecule has 3 nitrogen and oxygen atoms in total. The van der Waals surface area contributed by atoms with Crippen LogP contribution in [0.2, 0.25) is 0 Å². The van der Waals surface area contributed by atoms with E-state index in [9.17, 15) is 5.11 Å².